The molecule has 0 saturated carbocycles. The maximum Gasteiger partial charge on any atom is 0.238 e. The summed E-state index contributed by atoms with van der Waals surface area (Å²) in [7, 11) is 1.64. The van der Waals surface area contributed by atoms with E-state index < -0.39 is 0 Å². The van der Waals surface area contributed by atoms with E-state index in [9.17, 15) is 4.79 Å². The summed E-state index contributed by atoms with van der Waals surface area (Å²) in [5.74, 6) is 1.85. The zero-order valence-corrected chi connectivity index (χ0v) is 22.1. The largest absolute Gasteiger partial charge is 0.493 e. The SMILES string of the molecule is COc1cc([C@@H]2SCC(=O)N2c2ccc(Cl)cc2)cc(I)c1OCc1cccc2ccccc12. The summed E-state index contributed by atoms with van der Waals surface area (Å²) >= 11 is 9.93. The van der Waals surface area contributed by atoms with E-state index in [2.05, 4.69) is 52.9 Å². The molecule has 1 fully saturated rings. The fraction of sp³-hybridized carbons (Fsp3) is 0.148. The lowest BCUT2D eigenvalue weighted by Crippen LogP contribution is -2.27. The molecule has 1 aliphatic rings. The van der Waals surface area contributed by atoms with E-state index in [1.165, 1.54) is 10.8 Å². The van der Waals surface area contributed by atoms with Gasteiger partial charge in [-0.25, -0.2) is 0 Å². The van der Waals surface area contributed by atoms with Gasteiger partial charge in [-0.05, 0) is 80.9 Å². The second-order valence-electron chi connectivity index (χ2n) is 7.86. The summed E-state index contributed by atoms with van der Waals surface area (Å²) in [5.41, 5.74) is 2.94. The molecule has 0 N–H and O–H groups in total. The predicted octanol–water partition coefficient (Wildman–Crippen LogP) is 7.46. The molecule has 0 bridgehead atoms. The second-order valence-corrected chi connectivity index (χ2v) is 10.5. The highest BCUT2D eigenvalue weighted by Gasteiger charge is 2.35. The van der Waals surface area contributed by atoms with Crippen LogP contribution in [0.5, 0.6) is 11.5 Å². The summed E-state index contributed by atoms with van der Waals surface area (Å²) in [6.45, 7) is 0.431. The van der Waals surface area contributed by atoms with Crippen molar-refractivity contribution < 1.29 is 14.3 Å². The minimum atomic E-state index is -0.150. The maximum atomic E-state index is 12.7. The van der Waals surface area contributed by atoms with Crippen LogP contribution in [-0.4, -0.2) is 18.8 Å². The molecular formula is C27H21ClINO3S. The number of carbonyl (C=O) groups excluding carboxylic acids is 1. The van der Waals surface area contributed by atoms with Gasteiger partial charge >= 0.3 is 0 Å². The van der Waals surface area contributed by atoms with E-state index in [1.54, 1.807) is 31.0 Å². The first-order chi connectivity index (χ1) is 16.5. The number of fused-ring (bicyclic) bond motifs is 1. The number of benzene rings is 4. The Balaban J connectivity index is 1.44. The van der Waals surface area contributed by atoms with Crippen LogP contribution in [0.15, 0.2) is 78.9 Å². The van der Waals surface area contributed by atoms with E-state index in [-0.39, 0.29) is 11.3 Å². The van der Waals surface area contributed by atoms with Crippen LogP contribution in [0.2, 0.25) is 5.02 Å². The third-order valence-electron chi connectivity index (χ3n) is 5.76. The van der Waals surface area contributed by atoms with Gasteiger partial charge in [0.25, 0.3) is 0 Å². The van der Waals surface area contributed by atoms with E-state index in [4.69, 9.17) is 21.1 Å². The first kappa shape index (κ1) is 23.3. The zero-order valence-electron chi connectivity index (χ0n) is 18.3. The Labute approximate surface area is 221 Å². The van der Waals surface area contributed by atoms with Crippen LogP contribution in [0.25, 0.3) is 10.8 Å². The summed E-state index contributed by atoms with van der Waals surface area (Å²) in [6.07, 6.45) is 0. The van der Waals surface area contributed by atoms with Crippen LogP contribution in [-0.2, 0) is 11.4 Å². The topological polar surface area (TPSA) is 38.8 Å². The smallest absolute Gasteiger partial charge is 0.238 e. The van der Waals surface area contributed by atoms with Crippen LogP contribution in [0, 0.1) is 3.57 Å². The third kappa shape index (κ3) is 4.59. The van der Waals surface area contributed by atoms with Gasteiger partial charge in [-0.2, -0.15) is 0 Å². The van der Waals surface area contributed by atoms with E-state index in [0.29, 0.717) is 28.9 Å². The lowest BCUT2D eigenvalue weighted by Gasteiger charge is -2.25. The van der Waals surface area contributed by atoms with Gasteiger partial charge in [-0.1, -0.05) is 54.1 Å². The van der Waals surface area contributed by atoms with Gasteiger partial charge in [0.05, 0.1) is 16.4 Å². The molecule has 4 aromatic rings. The molecule has 4 aromatic carbocycles. The van der Waals surface area contributed by atoms with E-state index in [0.717, 1.165) is 20.4 Å². The summed E-state index contributed by atoms with van der Waals surface area (Å²) in [6, 6.07) is 25.9. The van der Waals surface area contributed by atoms with E-state index >= 15 is 0 Å². The summed E-state index contributed by atoms with van der Waals surface area (Å²) in [5, 5.41) is 2.85. The Bertz CT molecular complexity index is 1360. The van der Waals surface area contributed by atoms with Crippen molar-refractivity contribution in [1.29, 1.82) is 0 Å². The molecule has 172 valence electrons. The van der Waals surface area contributed by atoms with Crippen LogP contribution in [0.4, 0.5) is 5.69 Å². The van der Waals surface area contributed by atoms with Gasteiger partial charge in [0.1, 0.15) is 12.0 Å². The molecule has 1 atom stereocenters. The number of methoxy groups -OCH3 is 1. The van der Waals surface area contributed by atoms with Gasteiger partial charge in [0, 0.05) is 10.7 Å². The molecular weight excluding hydrogens is 581 g/mol. The third-order valence-corrected chi connectivity index (χ3v) is 8.03. The number of ether oxygens (including phenoxy) is 2. The zero-order chi connectivity index (χ0) is 23.7. The lowest BCUT2D eigenvalue weighted by molar-refractivity contribution is -0.115. The van der Waals surface area contributed by atoms with Crippen molar-refractivity contribution in [2.75, 3.05) is 17.8 Å². The minimum Gasteiger partial charge on any atom is -0.493 e. The van der Waals surface area contributed by atoms with Crippen molar-refractivity contribution in [2.45, 2.75) is 12.0 Å². The van der Waals surface area contributed by atoms with Gasteiger partial charge in [0.15, 0.2) is 11.5 Å². The summed E-state index contributed by atoms with van der Waals surface area (Å²) in [4.78, 5) is 14.6. The average molecular weight is 602 g/mol. The Morgan fingerprint density at radius 1 is 1.06 bits per heavy atom. The summed E-state index contributed by atoms with van der Waals surface area (Å²) < 4.78 is 12.9. The molecule has 0 aromatic heterocycles. The second kappa shape index (κ2) is 10.1. The number of rotatable bonds is 6. The Morgan fingerprint density at radius 2 is 1.82 bits per heavy atom. The number of hydrogen-bond acceptors (Lipinski definition) is 4. The molecule has 7 heteroatoms. The molecule has 1 amide bonds. The maximum absolute atomic E-state index is 12.7. The van der Waals surface area contributed by atoms with Gasteiger partial charge in [-0.3, -0.25) is 9.69 Å². The molecule has 0 unspecified atom stereocenters. The van der Waals surface area contributed by atoms with Gasteiger partial charge < -0.3 is 9.47 Å². The van der Waals surface area contributed by atoms with Crippen molar-refractivity contribution in [3.8, 4) is 11.5 Å². The lowest BCUT2D eigenvalue weighted by atomic mass is 10.1. The minimum absolute atomic E-state index is 0.0718. The number of nitrogens with zero attached hydrogens (tertiary/aromatic N) is 1. The number of halogens is 2. The van der Waals surface area contributed by atoms with Crippen LogP contribution in [0.1, 0.15) is 16.5 Å². The van der Waals surface area contributed by atoms with E-state index in [1.807, 2.05) is 41.3 Å². The predicted molar refractivity (Wildman–Crippen MR) is 148 cm³/mol. The van der Waals surface area contributed by atoms with Crippen LogP contribution < -0.4 is 14.4 Å². The van der Waals surface area contributed by atoms with Crippen molar-refractivity contribution in [3.05, 3.63) is 98.6 Å². The number of anilines is 1. The highest BCUT2D eigenvalue weighted by molar-refractivity contribution is 14.1. The molecule has 34 heavy (non-hydrogen) atoms. The number of thioether (sulfide) groups is 1. The fourth-order valence-electron chi connectivity index (χ4n) is 4.14. The Morgan fingerprint density at radius 3 is 2.62 bits per heavy atom. The van der Waals surface area contributed by atoms with Gasteiger partial charge in [0.2, 0.25) is 5.91 Å². The Hall–Kier alpha value is -2.42. The van der Waals surface area contributed by atoms with Crippen molar-refractivity contribution >= 4 is 68.3 Å². The molecule has 0 spiro atoms. The number of carbonyl (C=O) groups is 1. The molecule has 0 radical (unpaired) electrons. The highest BCUT2D eigenvalue weighted by atomic mass is 127. The fourth-order valence-corrected chi connectivity index (χ4v) is 6.21. The molecule has 5 rings (SSSR count). The molecule has 1 aliphatic heterocycles. The van der Waals surface area contributed by atoms with Gasteiger partial charge in [-0.15, -0.1) is 11.8 Å². The monoisotopic (exact) mass is 601 g/mol. The van der Waals surface area contributed by atoms with Crippen molar-refractivity contribution in [1.82, 2.24) is 0 Å². The average Bonchev–Trinajstić information content (AvgIpc) is 3.24. The molecule has 1 heterocycles. The van der Waals surface area contributed by atoms with Crippen molar-refractivity contribution in [3.63, 3.8) is 0 Å². The molecule has 0 aliphatic carbocycles. The molecule has 4 nitrogen and oxygen atoms in total. The standard InChI is InChI=1S/C27H21ClINO3S/c1-32-24-14-19(27-30(25(31)16-34-27)21-11-9-20(28)10-12-21)13-23(29)26(24)33-15-18-7-4-6-17-5-2-3-8-22(17)18/h2-14,27H,15-16H2,1H3/t27-/m0/s1. The highest BCUT2D eigenvalue weighted by Crippen LogP contribution is 2.45. The quantitative estimate of drug-likeness (QED) is 0.215. The van der Waals surface area contributed by atoms with Crippen LogP contribution >= 0.6 is 46.0 Å². The normalized spacial score (nSPS) is 15.7. The number of hydrogen-bond donors (Lipinski definition) is 0. The molecule has 1 saturated heterocycles. The first-order valence-corrected chi connectivity index (χ1v) is 13.2. The van der Waals surface area contributed by atoms with Crippen LogP contribution in [0.3, 0.4) is 0 Å². The van der Waals surface area contributed by atoms with Crippen molar-refractivity contribution in [2.24, 2.45) is 0 Å². The number of amides is 1. The Kier molecular flexibility index (Phi) is 6.90. The first-order valence-electron chi connectivity index (χ1n) is 10.7.